The number of hydrogen-bond donors (Lipinski definition) is 1. The predicted octanol–water partition coefficient (Wildman–Crippen LogP) is -0.249. The van der Waals surface area contributed by atoms with Crippen LogP contribution < -0.4 is 4.83 Å². The SMILES string of the molecule is CS(=O)(=O)NN1CC[CH]CC1. The van der Waals surface area contributed by atoms with E-state index >= 15 is 0 Å². The molecule has 0 aromatic carbocycles. The number of nitrogens with one attached hydrogen (secondary N) is 1. The molecule has 1 aliphatic rings. The maximum absolute atomic E-state index is 10.7. The summed E-state index contributed by atoms with van der Waals surface area (Å²) in [6, 6.07) is 0. The van der Waals surface area contributed by atoms with Gasteiger partial charge in [-0.2, -0.15) is 0 Å². The number of sulfonamides is 1. The van der Waals surface area contributed by atoms with Gasteiger partial charge in [-0.1, -0.05) is 0 Å². The molecule has 1 N–H and O–H groups in total. The van der Waals surface area contributed by atoms with Crippen LogP contribution in [0.2, 0.25) is 0 Å². The van der Waals surface area contributed by atoms with Gasteiger partial charge in [0, 0.05) is 13.1 Å². The summed E-state index contributed by atoms with van der Waals surface area (Å²) in [5.74, 6) is 0. The van der Waals surface area contributed by atoms with Gasteiger partial charge in [-0.05, 0) is 19.3 Å². The molecular formula is C6H13N2O2S. The molecular weight excluding hydrogens is 164 g/mol. The first-order valence-corrected chi connectivity index (χ1v) is 5.51. The first-order valence-electron chi connectivity index (χ1n) is 3.62. The van der Waals surface area contributed by atoms with Crippen LogP contribution >= 0.6 is 0 Å². The number of hydrazine groups is 1. The molecule has 0 aromatic heterocycles. The van der Waals surface area contributed by atoms with E-state index in [1.165, 1.54) is 6.26 Å². The largest absolute Gasteiger partial charge is 0.231 e. The maximum atomic E-state index is 10.7. The first-order chi connectivity index (χ1) is 5.08. The summed E-state index contributed by atoms with van der Waals surface area (Å²) in [5, 5.41) is 1.73. The van der Waals surface area contributed by atoms with Gasteiger partial charge in [0.15, 0.2) is 0 Å². The summed E-state index contributed by atoms with van der Waals surface area (Å²) in [6.07, 6.45) is 5.26. The molecule has 0 unspecified atom stereocenters. The minimum atomic E-state index is -3.06. The average Bonchev–Trinajstić information content (AvgIpc) is 1.85. The second kappa shape index (κ2) is 3.51. The number of rotatable bonds is 2. The summed E-state index contributed by atoms with van der Waals surface area (Å²) in [4.78, 5) is 2.44. The van der Waals surface area contributed by atoms with E-state index in [0.717, 1.165) is 25.9 Å². The Kier molecular flexibility index (Phi) is 2.86. The maximum Gasteiger partial charge on any atom is 0.221 e. The highest BCUT2D eigenvalue weighted by molar-refractivity contribution is 7.88. The standard InChI is InChI=1S/C6H13N2O2S/c1-11(9,10)7-8-5-3-2-4-6-8/h2,7H,3-6H2,1H3. The number of nitrogens with zero attached hydrogens (tertiary/aromatic N) is 1. The van der Waals surface area contributed by atoms with E-state index in [4.69, 9.17) is 0 Å². The molecule has 1 heterocycles. The Morgan fingerprint density at radius 3 is 2.36 bits per heavy atom. The fraction of sp³-hybridized carbons (Fsp3) is 0.833. The van der Waals surface area contributed by atoms with Crippen LogP contribution in [0.4, 0.5) is 0 Å². The molecule has 65 valence electrons. The third-order valence-corrected chi connectivity index (χ3v) is 2.09. The van der Waals surface area contributed by atoms with Gasteiger partial charge in [-0.3, -0.25) is 0 Å². The van der Waals surface area contributed by atoms with E-state index in [-0.39, 0.29) is 0 Å². The summed E-state index contributed by atoms with van der Waals surface area (Å²) in [5.41, 5.74) is 0. The van der Waals surface area contributed by atoms with Crippen molar-refractivity contribution in [3.05, 3.63) is 6.42 Å². The zero-order valence-electron chi connectivity index (χ0n) is 6.58. The zero-order valence-corrected chi connectivity index (χ0v) is 7.39. The Hall–Kier alpha value is -0.130. The molecule has 11 heavy (non-hydrogen) atoms. The van der Waals surface area contributed by atoms with Crippen LogP contribution in [-0.4, -0.2) is 32.8 Å². The zero-order chi connectivity index (χ0) is 8.32. The molecule has 0 atom stereocenters. The Balaban J connectivity index is 2.36. The fourth-order valence-electron chi connectivity index (χ4n) is 1.08. The van der Waals surface area contributed by atoms with Crippen LogP contribution in [-0.2, 0) is 10.0 Å². The van der Waals surface area contributed by atoms with Crippen LogP contribution in [0.5, 0.6) is 0 Å². The molecule has 1 radical (unpaired) electrons. The first kappa shape index (κ1) is 8.96. The van der Waals surface area contributed by atoms with E-state index in [1.807, 2.05) is 0 Å². The van der Waals surface area contributed by atoms with Crippen LogP contribution in [0.25, 0.3) is 0 Å². The van der Waals surface area contributed by atoms with E-state index in [2.05, 4.69) is 11.3 Å². The van der Waals surface area contributed by atoms with Crippen molar-refractivity contribution in [3.8, 4) is 0 Å². The normalized spacial score (nSPS) is 21.9. The van der Waals surface area contributed by atoms with Gasteiger partial charge >= 0.3 is 0 Å². The molecule has 0 saturated carbocycles. The lowest BCUT2D eigenvalue weighted by molar-refractivity contribution is 0.223. The second-order valence-electron chi connectivity index (χ2n) is 2.72. The summed E-state index contributed by atoms with van der Waals surface area (Å²) in [6.45, 7) is 1.57. The summed E-state index contributed by atoms with van der Waals surface area (Å²) < 4.78 is 21.5. The van der Waals surface area contributed by atoms with E-state index in [1.54, 1.807) is 5.01 Å². The van der Waals surface area contributed by atoms with Crippen molar-refractivity contribution in [2.45, 2.75) is 12.8 Å². The van der Waals surface area contributed by atoms with Crippen molar-refractivity contribution in [2.75, 3.05) is 19.3 Å². The van der Waals surface area contributed by atoms with Crippen molar-refractivity contribution < 1.29 is 8.42 Å². The minimum Gasteiger partial charge on any atom is -0.231 e. The monoisotopic (exact) mass is 177 g/mol. The highest BCUT2D eigenvalue weighted by atomic mass is 32.2. The molecule has 4 nitrogen and oxygen atoms in total. The Morgan fingerprint density at radius 2 is 1.91 bits per heavy atom. The summed E-state index contributed by atoms with van der Waals surface area (Å²) >= 11 is 0. The minimum absolute atomic E-state index is 0.785. The van der Waals surface area contributed by atoms with Gasteiger partial charge in [0.05, 0.1) is 6.26 Å². The van der Waals surface area contributed by atoms with E-state index < -0.39 is 10.0 Å². The van der Waals surface area contributed by atoms with Gasteiger partial charge in [-0.15, -0.1) is 4.83 Å². The second-order valence-corrected chi connectivity index (χ2v) is 4.44. The quantitative estimate of drug-likeness (QED) is 0.633. The van der Waals surface area contributed by atoms with Crippen LogP contribution in [0, 0.1) is 6.42 Å². The topological polar surface area (TPSA) is 49.4 Å². The Labute approximate surface area is 67.6 Å². The van der Waals surface area contributed by atoms with Gasteiger partial charge in [-0.25, -0.2) is 13.4 Å². The molecule has 0 amide bonds. The van der Waals surface area contributed by atoms with Crippen LogP contribution in [0.1, 0.15) is 12.8 Å². The highest BCUT2D eigenvalue weighted by Crippen LogP contribution is 2.04. The molecule has 0 spiro atoms. The van der Waals surface area contributed by atoms with Crippen molar-refractivity contribution in [1.29, 1.82) is 0 Å². The molecule has 1 rings (SSSR count). The van der Waals surface area contributed by atoms with Gasteiger partial charge in [0.2, 0.25) is 10.0 Å². The molecule has 0 aliphatic carbocycles. The Bertz CT molecular complexity index is 207. The van der Waals surface area contributed by atoms with Crippen LogP contribution in [0.3, 0.4) is 0 Å². The predicted molar refractivity (Wildman–Crippen MR) is 43.1 cm³/mol. The molecule has 0 bridgehead atoms. The third-order valence-electron chi connectivity index (χ3n) is 1.50. The highest BCUT2D eigenvalue weighted by Gasteiger charge is 2.13. The molecule has 1 saturated heterocycles. The van der Waals surface area contributed by atoms with Crippen molar-refractivity contribution in [3.63, 3.8) is 0 Å². The van der Waals surface area contributed by atoms with Crippen molar-refractivity contribution >= 4 is 10.0 Å². The van der Waals surface area contributed by atoms with E-state index in [9.17, 15) is 8.42 Å². The lowest BCUT2D eigenvalue weighted by Gasteiger charge is -2.25. The molecule has 5 heteroatoms. The number of hydrogen-bond acceptors (Lipinski definition) is 3. The van der Waals surface area contributed by atoms with Gasteiger partial charge in [0.25, 0.3) is 0 Å². The van der Waals surface area contributed by atoms with Gasteiger partial charge in [0.1, 0.15) is 0 Å². The lowest BCUT2D eigenvalue weighted by atomic mass is 10.2. The van der Waals surface area contributed by atoms with Crippen molar-refractivity contribution in [2.24, 2.45) is 0 Å². The Morgan fingerprint density at radius 1 is 1.36 bits per heavy atom. The molecule has 1 aliphatic heterocycles. The fourth-order valence-corrected chi connectivity index (χ4v) is 1.73. The average molecular weight is 177 g/mol. The lowest BCUT2D eigenvalue weighted by Crippen LogP contribution is -2.44. The molecule has 1 fully saturated rings. The van der Waals surface area contributed by atoms with E-state index in [0.29, 0.717) is 0 Å². The van der Waals surface area contributed by atoms with Crippen LogP contribution in [0.15, 0.2) is 0 Å². The van der Waals surface area contributed by atoms with Crippen molar-refractivity contribution in [1.82, 2.24) is 9.84 Å². The third kappa shape index (κ3) is 3.69. The summed E-state index contributed by atoms with van der Waals surface area (Å²) in [7, 11) is -3.06. The molecule has 0 aromatic rings. The smallest absolute Gasteiger partial charge is 0.221 e. The van der Waals surface area contributed by atoms with Gasteiger partial charge < -0.3 is 0 Å². The number of piperidine rings is 1.